The van der Waals surface area contributed by atoms with Crippen molar-refractivity contribution in [2.45, 2.75) is 44.4 Å². The number of aliphatic hydroxyl groups is 1. The highest BCUT2D eigenvalue weighted by Gasteiger charge is 2.31. The third-order valence-electron chi connectivity index (χ3n) is 9.44. The summed E-state index contributed by atoms with van der Waals surface area (Å²) < 4.78 is 61.7. The molecule has 0 amide bonds. The molecule has 9 rings (SSSR count). The molecule has 2 saturated heterocycles. The average molecular weight is 823 g/mol. The van der Waals surface area contributed by atoms with Crippen molar-refractivity contribution in [3.63, 3.8) is 0 Å². The molecule has 2 aromatic carbocycles. The summed E-state index contributed by atoms with van der Waals surface area (Å²) in [5.41, 5.74) is 3.44. The lowest BCUT2D eigenvalue weighted by molar-refractivity contribution is 0.282. The Hall–Kier alpha value is -5.10. The maximum Gasteiger partial charge on any atom is 0.183 e. The second-order valence-electron chi connectivity index (χ2n) is 12.6. The number of hydrogen-bond donors (Lipinski definition) is 1. The van der Waals surface area contributed by atoms with Crippen LogP contribution < -0.4 is 9.80 Å². The molecule has 7 heterocycles. The summed E-state index contributed by atoms with van der Waals surface area (Å²) in [5, 5.41) is 22.0. The Morgan fingerprint density at radius 2 is 1.25 bits per heavy atom. The van der Waals surface area contributed by atoms with Crippen molar-refractivity contribution in [3.05, 3.63) is 129 Å². The van der Waals surface area contributed by atoms with Crippen LogP contribution in [0.5, 0.6) is 0 Å². The van der Waals surface area contributed by atoms with Crippen LogP contribution in [0.2, 0.25) is 0 Å². The number of rotatable bonds is 6. The quantitative estimate of drug-likeness (QED) is 0.142. The first kappa shape index (κ1) is 34.0. The summed E-state index contributed by atoms with van der Waals surface area (Å²) in [6.45, 7) is 1.37. The van der Waals surface area contributed by atoms with E-state index in [0.29, 0.717) is 40.4 Å². The van der Waals surface area contributed by atoms with Crippen LogP contribution in [0.4, 0.5) is 29.2 Å². The molecule has 5 aromatic heterocycles. The minimum Gasteiger partial charge on any atom is -0.392 e. The van der Waals surface area contributed by atoms with Gasteiger partial charge in [-0.3, -0.25) is 0 Å². The molecular formula is C36H31F4IN10O. The lowest BCUT2D eigenvalue weighted by Crippen LogP contribution is -2.24. The number of aliphatic hydroxyl groups excluding tert-OH is 1. The van der Waals surface area contributed by atoms with Crippen LogP contribution in [0.15, 0.2) is 85.7 Å². The number of benzene rings is 2. The third-order valence-corrected chi connectivity index (χ3v) is 10.2. The summed E-state index contributed by atoms with van der Waals surface area (Å²) in [4.78, 5) is 13.4. The lowest BCUT2D eigenvalue weighted by Gasteiger charge is -2.26. The monoisotopic (exact) mass is 822 g/mol. The Morgan fingerprint density at radius 3 is 1.83 bits per heavy atom. The van der Waals surface area contributed by atoms with E-state index in [0.717, 1.165) is 59.4 Å². The highest BCUT2D eigenvalue weighted by Crippen LogP contribution is 2.38. The minimum absolute atomic E-state index is 0.105. The van der Waals surface area contributed by atoms with Gasteiger partial charge in [-0.1, -0.05) is 0 Å². The number of nitrogens with zero attached hydrogens (tertiary/aromatic N) is 10. The van der Waals surface area contributed by atoms with Crippen LogP contribution in [0.1, 0.15) is 54.5 Å². The average Bonchev–Trinajstić information content (AvgIpc) is 4.00. The Kier molecular flexibility index (Phi) is 9.25. The van der Waals surface area contributed by atoms with E-state index < -0.39 is 17.5 Å². The molecule has 266 valence electrons. The van der Waals surface area contributed by atoms with Gasteiger partial charge >= 0.3 is 0 Å². The summed E-state index contributed by atoms with van der Waals surface area (Å²) in [6.07, 6.45) is 13.6. The van der Waals surface area contributed by atoms with Gasteiger partial charge in [0.2, 0.25) is 0 Å². The van der Waals surface area contributed by atoms with Gasteiger partial charge in [-0.05, 0) is 96.8 Å². The molecule has 0 radical (unpaired) electrons. The normalized spacial score (nSPS) is 17.3. The highest BCUT2D eigenvalue weighted by molar-refractivity contribution is 14.1. The molecule has 7 aromatic rings. The number of hydrogen-bond acceptors (Lipinski definition) is 8. The molecule has 0 unspecified atom stereocenters. The van der Waals surface area contributed by atoms with Crippen molar-refractivity contribution in [3.8, 4) is 5.69 Å². The lowest BCUT2D eigenvalue weighted by atomic mass is 10.0. The maximum atomic E-state index is 14.4. The predicted octanol–water partition coefficient (Wildman–Crippen LogP) is 6.98. The SMILES string of the molecule is Fc1ccc(F)c([C@H]2CCCN2c2ccn3ncc(I)c3n2)c1.OCc1cnn(-c2cnn3ccc(N4CCC[C@@H]4c4cc(F)ccc4F)nc23)c1. The van der Waals surface area contributed by atoms with Crippen LogP contribution >= 0.6 is 22.6 Å². The first-order valence-corrected chi connectivity index (χ1v) is 17.8. The van der Waals surface area contributed by atoms with E-state index in [1.54, 1.807) is 44.7 Å². The molecule has 2 aliphatic heterocycles. The molecule has 0 aliphatic carbocycles. The van der Waals surface area contributed by atoms with E-state index in [2.05, 4.69) is 42.9 Å². The zero-order valence-corrected chi connectivity index (χ0v) is 29.7. The van der Waals surface area contributed by atoms with Crippen LogP contribution in [-0.2, 0) is 6.61 Å². The van der Waals surface area contributed by atoms with Gasteiger partial charge in [-0.25, -0.2) is 41.2 Å². The molecule has 2 atom stereocenters. The van der Waals surface area contributed by atoms with Gasteiger partial charge in [0, 0.05) is 48.4 Å². The van der Waals surface area contributed by atoms with Crippen LogP contribution in [0.3, 0.4) is 0 Å². The van der Waals surface area contributed by atoms with Gasteiger partial charge in [0.25, 0.3) is 0 Å². The van der Waals surface area contributed by atoms with Gasteiger partial charge < -0.3 is 14.9 Å². The van der Waals surface area contributed by atoms with Crippen molar-refractivity contribution >= 4 is 45.5 Å². The second-order valence-corrected chi connectivity index (χ2v) is 13.8. The Morgan fingerprint density at radius 1 is 0.692 bits per heavy atom. The number of halogens is 5. The molecule has 16 heteroatoms. The molecule has 2 fully saturated rings. The summed E-state index contributed by atoms with van der Waals surface area (Å²) in [6, 6.07) is 10.4. The van der Waals surface area contributed by atoms with Crippen molar-refractivity contribution in [1.29, 1.82) is 0 Å². The van der Waals surface area contributed by atoms with Gasteiger partial charge in [-0.2, -0.15) is 15.3 Å². The van der Waals surface area contributed by atoms with Gasteiger partial charge in [0.15, 0.2) is 11.3 Å². The molecule has 0 spiro atoms. The largest absolute Gasteiger partial charge is 0.392 e. The molecule has 11 nitrogen and oxygen atoms in total. The van der Waals surface area contributed by atoms with Crippen molar-refractivity contribution < 1.29 is 22.7 Å². The molecule has 1 N–H and O–H groups in total. The molecule has 0 saturated carbocycles. The second kappa shape index (κ2) is 14.1. The molecule has 2 aliphatic rings. The topological polar surface area (TPSA) is 105 Å². The third kappa shape index (κ3) is 6.44. The Bertz CT molecular complexity index is 2400. The fourth-order valence-electron chi connectivity index (χ4n) is 7.00. The van der Waals surface area contributed by atoms with Gasteiger partial charge in [-0.15, -0.1) is 0 Å². The maximum absolute atomic E-state index is 14.4. The predicted molar refractivity (Wildman–Crippen MR) is 193 cm³/mol. The van der Waals surface area contributed by atoms with E-state index in [9.17, 15) is 22.7 Å². The number of aromatic nitrogens is 8. The molecule has 0 bridgehead atoms. The van der Waals surface area contributed by atoms with Gasteiger partial charge in [0.1, 0.15) is 40.6 Å². The van der Waals surface area contributed by atoms with Crippen LogP contribution in [-0.4, -0.2) is 57.2 Å². The van der Waals surface area contributed by atoms with E-state index in [1.807, 2.05) is 28.1 Å². The summed E-state index contributed by atoms with van der Waals surface area (Å²) in [7, 11) is 0. The van der Waals surface area contributed by atoms with Gasteiger partial charge in [0.05, 0.1) is 40.9 Å². The zero-order valence-electron chi connectivity index (χ0n) is 27.5. The van der Waals surface area contributed by atoms with Crippen LogP contribution in [0, 0.1) is 26.8 Å². The van der Waals surface area contributed by atoms with Crippen molar-refractivity contribution in [2.75, 3.05) is 22.9 Å². The zero-order chi connectivity index (χ0) is 35.9. The standard InChI is InChI=1S/C20H18F2N6O.C16H13F2IN4/c21-14-3-4-16(22)15(8-14)17-2-1-6-26(17)19-5-7-27-20(25-19)18(10-24-27)28-11-13(12-29)9-23-28;17-10-3-4-12(18)11(8-10)14-2-1-6-22(14)15-5-7-23-16(21-15)13(19)9-20-23/h3-5,7-11,17,29H,1-2,6,12H2;3-5,7-9,14H,1-2,6H2/t17-;14-/m11/s1. The number of anilines is 2. The first-order chi connectivity index (χ1) is 25.3. The number of fused-ring (bicyclic) bond motifs is 2. The Labute approximate surface area is 308 Å². The Balaban J connectivity index is 0.000000153. The van der Waals surface area contributed by atoms with Crippen molar-refractivity contribution in [1.82, 2.24) is 39.0 Å². The fraction of sp³-hybridized carbons (Fsp3) is 0.250. The fourth-order valence-corrected chi connectivity index (χ4v) is 7.49. The van der Waals surface area contributed by atoms with E-state index in [-0.39, 0.29) is 24.5 Å². The smallest absolute Gasteiger partial charge is 0.183 e. The summed E-state index contributed by atoms with van der Waals surface area (Å²) in [5.74, 6) is -0.220. The minimum atomic E-state index is -0.451. The molecule has 52 heavy (non-hydrogen) atoms. The first-order valence-electron chi connectivity index (χ1n) is 16.7. The molecular weight excluding hydrogens is 791 g/mol. The van der Waals surface area contributed by atoms with E-state index in [1.165, 1.54) is 24.3 Å². The van der Waals surface area contributed by atoms with Crippen molar-refractivity contribution in [2.24, 2.45) is 0 Å². The highest BCUT2D eigenvalue weighted by atomic mass is 127. The summed E-state index contributed by atoms with van der Waals surface area (Å²) >= 11 is 2.19. The van der Waals surface area contributed by atoms with Crippen LogP contribution in [0.25, 0.3) is 17.0 Å². The van der Waals surface area contributed by atoms with E-state index >= 15 is 0 Å². The van der Waals surface area contributed by atoms with E-state index in [4.69, 9.17) is 4.98 Å².